The van der Waals surface area contributed by atoms with E-state index in [4.69, 9.17) is 26.3 Å². The van der Waals surface area contributed by atoms with Crippen molar-refractivity contribution in [1.29, 1.82) is 0 Å². The number of hydrogen-bond acceptors (Lipinski definition) is 4. The largest absolute Gasteiger partial charge is 0.486 e. The van der Waals surface area contributed by atoms with Crippen molar-refractivity contribution in [2.75, 3.05) is 0 Å². The van der Waals surface area contributed by atoms with Gasteiger partial charge in [-0.25, -0.2) is 4.98 Å². The van der Waals surface area contributed by atoms with Crippen LogP contribution in [0.15, 0.2) is 132 Å². The van der Waals surface area contributed by atoms with Gasteiger partial charge in [-0.15, -0.1) is 54.1 Å². The zero-order chi connectivity index (χ0) is 47.3. The quantitative estimate of drug-likeness (QED) is 0.157. The zero-order valence-corrected chi connectivity index (χ0v) is 28.6. The third kappa shape index (κ3) is 7.65. The number of fused-ring (bicyclic) bond motifs is 3. The monoisotopic (exact) mass is 844 g/mol. The van der Waals surface area contributed by atoms with Gasteiger partial charge in [0.1, 0.15) is 0 Å². The van der Waals surface area contributed by atoms with Crippen molar-refractivity contribution in [3.05, 3.63) is 173 Å². The molecule has 0 aliphatic carbocycles. The first-order valence-electron chi connectivity index (χ1n) is 23.2. The topological polar surface area (TPSA) is 51.8 Å². The van der Waals surface area contributed by atoms with Gasteiger partial charge in [0.2, 0.25) is 5.71 Å². The molecule has 5 heteroatoms. The SMILES string of the molecule is [2H]C([2H])([2H])c1ccc(-c2[c-]cccc2)nc1.[2H]C([2H])([2H])c1ccc(-c2cc(-c3[c-]ccc4c3oc3nc(C([2H])([2H])C([2H])([2H])c5ccccc5)ccc34)ncc2C([2H])([2H])[2H])c(C([2H])([2H])[2H])c1.[Ir]. The zero-order valence-electron chi connectivity index (χ0n) is 42.2. The van der Waals surface area contributed by atoms with Gasteiger partial charge in [0.25, 0.3) is 0 Å². The predicted octanol–water partition coefficient (Wildman–Crippen LogP) is 11.1. The van der Waals surface area contributed by atoms with Gasteiger partial charge < -0.3 is 14.4 Å². The molecule has 1 radical (unpaired) electrons. The number of benzene rings is 4. The minimum atomic E-state index is -2.79. The van der Waals surface area contributed by atoms with Crippen LogP contribution in [0.25, 0.3) is 55.7 Å². The van der Waals surface area contributed by atoms with E-state index in [0.29, 0.717) is 10.8 Å². The van der Waals surface area contributed by atoms with Crippen molar-refractivity contribution in [2.45, 2.75) is 40.2 Å². The van der Waals surface area contributed by atoms with Crippen molar-refractivity contribution in [2.24, 2.45) is 0 Å². The summed E-state index contributed by atoms with van der Waals surface area (Å²) >= 11 is 0. The minimum Gasteiger partial charge on any atom is -0.486 e. The maximum Gasteiger partial charge on any atom is 0.216 e. The first kappa shape index (κ1) is 19.8. The molecule has 0 N–H and O–H groups in total. The van der Waals surface area contributed by atoms with E-state index in [1.807, 2.05) is 18.2 Å². The third-order valence-electron chi connectivity index (χ3n) is 7.63. The Balaban J connectivity index is 0.000000357. The number of aryl methyl sites for hydroxylation is 6. The van der Waals surface area contributed by atoms with E-state index < -0.39 is 40.2 Å². The van der Waals surface area contributed by atoms with Gasteiger partial charge in [-0.3, -0.25) is 0 Å². The van der Waals surface area contributed by atoms with Crippen LogP contribution in [-0.4, -0.2) is 15.0 Å². The second-order valence-corrected chi connectivity index (χ2v) is 10.9. The van der Waals surface area contributed by atoms with Gasteiger partial charge in [-0.2, -0.15) is 0 Å². The van der Waals surface area contributed by atoms with Gasteiger partial charge in [0.05, 0.1) is 5.58 Å². The molecule has 0 saturated heterocycles. The molecule has 0 unspecified atom stereocenters. The molecule has 0 bridgehead atoms. The smallest absolute Gasteiger partial charge is 0.216 e. The summed E-state index contributed by atoms with van der Waals surface area (Å²) in [5.74, 6) is 0. The van der Waals surface area contributed by atoms with Crippen LogP contribution < -0.4 is 0 Å². The third-order valence-corrected chi connectivity index (χ3v) is 7.63. The van der Waals surface area contributed by atoms with Crippen LogP contribution in [0.5, 0.6) is 0 Å². The molecule has 8 aromatic rings. The maximum atomic E-state index is 8.73. The fraction of sp³-hybridized carbons (Fsp3) is 0.133. The van der Waals surface area contributed by atoms with Crippen LogP contribution in [0, 0.1) is 39.5 Å². The Bertz CT molecular complexity index is 2980. The minimum absolute atomic E-state index is 0. The Morgan fingerprint density at radius 2 is 1.50 bits per heavy atom. The fourth-order valence-corrected chi connectivity index (χ4v) is 5.24. The molecular formula is C45H37IrN3O-2. The number of nitrogens with zero attached hydrogens (tertiary/aromatic N) is 3. The van der Waals surface area contributed by atoms with Crippen molar-refractivity contribution in [3.8, 4) is 33.6 Å². The van der Waals surface area contributed by atoms with Crippen molar-refractivity contribution < 1.29 is 46.5 Å². The molecule has 249 valence electrons. The Kier molecular flexibility index (Phi) is 6.17. The van der Waals surface area contributed by atoms with Crippen LogP contribution >= 0.6 is 0 Å². The molecule has 4 aromatic carbocycles. The second-order valence-electron chi connectivity index (χ2n) is 10.9. The Morgan fingerprint density at radius 3 is 2.28 bits per heavy atom. The normalized spacial score (nSPS) is 17.1. The number of aromatic nitrogens is 3. The number of furan rings is 1. The van der Waals surface area contributed by atoms with Gasteiger partial charge in [0, 0.05) is 65.5 Å². The van der Waals surface area contributed by atoms with E-state index in [1.54, 1.807) is 54.6 Å². The Hall–Kier alpha value is -5.22. The molecule has 0 spiro atoms. The number of rotatable bonds is 6. The molecule has 0 aliphatic heterocycles. The standard InChI is InChI=1S/C33H27N2O.C12H10N.Ir/c1-21-12-16-26(22(2)18-21)30-19-31(34-20-23(30)3)29-11-7-10-27-28-17-15-25(35-33(28)36-32(27)29)14-13-24-8-5-4-6-9-24;1-10-7-8-12(13-9-10)11-5-3-2-4-6-11;/h4-10,12,15-20H,13-14H2,1-3H3;2-5,7-9H,1H3;/q2*-1;/i1D3,2D3,3D3,13D2,14D2;1D3;. The summed E-state index contributed by atoms with van der Waals surface area (Å²) in [4.78, 5) is 12.9. The molecule has 50 heavy (non-hydrogen) atoms. The van der Waals surface area contributed by atoms with Gasteiger partial charge in [-0.05, 0) is 97.1 Å². The molecule has 0 atom stereocenters. The van der Waals surface area contributed by atoms with Crippen LogP contribution in [-0.2, 0) is 32.9 Å². The van der Waals surface area contributed by atoms with E-state index in [0.717, 1.165) is 23.5 Å². The van der Waals surface area contributed by atoms with E-state index in [1.165, 1.54) is 42.6 Å². The summed E-state index contributed by atoms with van der Waals surface area (Å²) in [6.45, 7) is -10.2. The van der Waals surface area contributed by atoms with Gasteiger partial charge in [-0.1, -0.05) is 83.2 Å². The molecule has 0 aliphatic rings. The van der Waals surface area contributed by atoms with Crippen molar-refractivity contribution in [1.82, 2.24) is 15.0 Å². The molecule has 4 nitrogen and oxygen atoms in total. The second kappa shape index (κ2) is 15.6. The average molecular weight is 844 g/mol. The molecular weight excluding hydrogens is 791 g/mol. The van der Waals surface area contributed by atoms with E-state index in [-0.39, 0.29) is 87.3 Å². The van der Waals surface area contributed by atoms with Crippen LogP contribution in [0.1, 0.15) is 55.4 Å². The summed E-state index contributed by atoms with van der Waals surface area (Å²) in [5.41, 5.74) is 1.69. The summed E-state index contributed by atoms with van der Waals surface area (Å²) in [6.07, 6.45) is -2.50. The van der Waals surface area contributed by atoms with Crippen molar-refractivity contribution in [3.63, 3.8) is 0 Å². The summed E-state index contributed by atoms with van der Waals surface area (Å²) in [7, 11) is 0. The fourth-order valence-electron chi connectivity index (χ4n) is 5.24. The molecule has 8 rings (SSSR count). The van der Waals surface area contributed by atoms with E-state index in [9.17, 15) is 0 Å². The van der Waals surface area contributed by atoms with E-state index >= 15 is 0 Å². The molecule has 0 saturated carbocycles. The Morgan fingerprint density at radius 1 is 0.660 bits per heavy atom. The van der Waals surface area contributed by atoms with E-state index in [2.05, 4.69) is 27.1 Å². The number of pyridine rings is 3. The predicted molar refractivity (Wildman–Crippen MR) is 200 cm³/mol. The van der Waals surface area contributed by atoms with Gasteiger partial charge >= 0.3 is 0 Å². The maximum absolute atomic E-state index is 8.73. The molecule has 4 heterocycles. The summed E-state index contributed by atoms with van der Waals surface area (Å²) in [5, 5.41) is 1.04. The first-order valence-corrected chi connectivity index (χ1v) is 15.2. The summed E-state index contributed by atoms with van der Waals surface area (Å²) in [6, 6.07) is 36.0. The summed E-state index contributed by atoms with van der Waals surface area (Å²) < 4.78 is 135. The molecule has 4 aromatic heterocycles. The Labute approximate surface area is 330 Å². The van der Waals surface area contributed by atoms with Crippen molar-refractivity contribution >= 4 is 22.1 Å². The average Bonchev–Trinajstić information content (AvgIpc) is 3.64. The van der Waals surface area contributed by atoms with Crippen LogP contribution in [0.4, 0.5) is 0 Å². The van der Waals surface area contributed by atoms with Crippen LogP contribution in [0.3, 0.4) is 0 Å². The van der Waals surface area contributed by atoms with Crippen LogP contribution in [0.2, 0.25) is 0 Å². The number of hydrogen-bond donors (Lipinski definition) is 0. The first-order chi connectivity index (χ1) is 30.3. The molecule has 0 fully saturated rings. The van der Waals surface area contributed by atoms with Gasteiger partial charge in [0.15, 0.2) is 0 Å². The molecule has 0 amide bonds.